The van der Waals surface area contributed by atoms with Crippen LogP contribution in [0, 0.1) is 5.41 Å². The molecule has 3 N–H and O–H groups in total. The van der Waals surface area contributed by atoms with Crippen LogP contribution in [0.25, 0.3) is 0 Å². The fourth-order valence-electron chi connectivity index (χ4n) is 2.13. The Bertz CT molecular complexity index is 398. The molecule has 5 nitrogen and oxygen atoms in total. The summed E-state index contributed by atoms with van der Waals surface area (Å²) < 4.78 is 5.72. The van der Waals surface area contributed by atoms with Crippen molar-refractivity contribution >= 4 is 11.5 Å². The second-order valence-corrected chi connectivity index (χ2v) is 4.68. The molecule has 0 aromatic carbocycles. The Morgan fingerprint density at radius 1 is 1.56 bits per heavy atom. The van der Waals surface area contributed by atoms with Gasteiger partial charge in [-0.05, 0) is 31.4 Å². The van der Waals surface area contributed by atoms with Crippen LogP contribution in [0.3, 0.4) is 0 Å². The van der Waals surface area contributed by atoms with Crippen molar-refractivity contribution in [3.63, 3.8) is 0 Å². The van der Waals surface area contributed by atoms with Crippen LogP contribution in [-0.2, 0) is 4.74 Å². The van der Waals surface area contributed by atoms with Gasteiger partial charge in [0, 0.05) is 20.2 Å². The lowest BCUT2D eigenvalue weighted by Crippen LogP contribution is -2.33. The van der Waals surface area contributed by atoms with Crippen molar-refractivity contribution < 1.29 is 4.74 Å². The highest BCUT2D eigenvalue weighted by Gasteiger charge is 2.16. The van der Waals surface area contributed by atoms with Crippen molar-refractivity contribution in [3.05, 3.63) is 24.0 Å². The van der Waals surface area contributed by atoms with Crippen molar-refractivity contribution in [3.8, 4) is 0 Å². The zero-order valence-electron chi connectivity index (χ0n) is 10.7. The number of hydrogen-bond acceptors (Lipinski definition) is 4. The van der Waals surface area contributed by atoms with Gasteiger partial charge in [-0.25, -0.2) is 0 Å². The molecule has 2 rings (SSSR count). The van der Waals surface area contributed by atoms with E-state index in [4.69, 9.17) is 15.9 Å². The molecule has 18 heavy (non-hydrogen) atoms. The maximum absolute atomic E-state index is 7.30. The molecule has 0 spiro atoms. The van der Waals surface area contributed by atoms with Crippen molar-refractivity contribution in [2.45, 2.75) is 25.4 Å². The lowest BCUT2D eigenvalue weighted by atomic mass is 10.1. The molecule has 98 valence electrons. The molecule has 1 aromatic heterocycles. The van der Waals surface area contributed by atoms with Crippen LogP contribution in [-0.4, -0.2) is 37.1 Å². The number of hydrogen-bond donors (Lipinski definition) is 2. The maximum Gasteiger partial charge on any atom is 0.141 e. The molecule has 2 heterocycles. The van der Waals surface area contributed by atoms with Crippen LogP contribution >= 0.6 is 0 Å². The Hall–Kier alpha value is -1.62. The highest BCUT2D eigenvalue weighted by atomic mass is 16.5. The number of nitrogens with zero attached hydrogens (tertiary/aromatic N) is 2. The summed E-state index contributed by atoms with van der Waals surface area (Å²) in [4.78, 5) is 6.29. The van der Waals surface area contributed by atoms with E-state index in [0.717, 1.165) is 25.3 Å². The number of nitrogens with two attached hydrogens (primary N) is 1. The molecule has 0 radical (unpaired) electrons. The van der Waals surface area contributed by atoms with Gasteiger partial charge in [-0.1, -0.05) is 0 Å². The number of amidine groups is 1. The molecule has 5 heteroatoms. The molecule has 0 saturated carbocycles. The van der Waals surface area contributed by atoms with Gasteiger partial charge in [0.15, 0.2) is 0 Å². The summed E-state index contributed by atoms with van der Waals surface area (Å²) in [6.45, 7) is 1.75. The first kappa shape index (κ1) is 12.8. The summed E-state index contributed by atoms with van der Waals surface area (Å²) in [5.41, 5.74) is 6.91. The second kappa shape index (κ2) is 5.82. The average molecular weight is 248 g/mol. The van der Waals surface area contributed by atoms with E-state index in [9.17, 15) is 0 Å². The van der Waals surface area contributed by atoms with Gasteiger partial charge >= 0.3 is 0 Å². The Balaban J connectivity index is 1.95. The number of pyridine rings is 1. The van der Waals surface area contributed by atoms with Crippen molar-refractivity contribution in [2.24, 2.45) is 5.73 Å². The quantitative estimate of drug-likeness (QED) is 0.623. The first-order valence-electron chi connectivity index (χ1n) is 6.30. The van der Waals surface area contributed by atoms with E-state index in [1.165, 1.54) is 12.8 Å². The molecule has 1 unspecified atom stereocenters. The maximum atomic E-state index is 7.30. The Kier molecular flexibility index (Phi) is 4.15. The zero-order valence-corrected chi connectivity index (χ0v) is 10.7. The Labute approximate surface area is 107 Å². The number of likely N-dealkylation sites (N-methyl/N-ethyl adjacent to an activating group) is 1. The fourth-order valence-corrected chi connectivity index (χ4v) is 2.13. The normalized spacial score (nSPS) is 19.5. The van der Waals surface area contributed by atoms with Crippen molar-refractivity contribution in [1.82, 2.24) is 4.98 Å². The van der Waals surface area contributed by atoms with E-state index in [0.29, 0.717) is 11.8 Å². The average Bonchev–Trinajstić information content (AvgIpc) is 2.40. The molecule has 0 bridgehead atoms. The summed E-state index contributed by atoms with van der Waals surface area (Å²) >= 11 is 0. The Morgan fingerprint density at radius 2 is 2.39 bits per heavy atom. The number of ether oxygens (including phenoxy) is 1. The SMILES string of the molecule is CN(CC1CCCCO1)c1ccc(C(=N)N)nc1. The van der Waals surface area contributed by atoms with Gasteiger partial charge in [-0.3, -0.25) is 10.4 Å². The summed E-state index contributed by atoms with van der Waals surface area (Å²) in [6.07, 6.45) is 5.62. The number of anilines is 1. The van der Waals surface area contributed by atoms with Crippen LogP contribution in [0.2, 0.25) is 0 Å². The third kappa shape index (κ3) is 3.20. The van der Waals surface area contributed by atoms with E-state index in [1.54, 1.807) is 12.3 Å². The van der Waals surface area contributed by atoms with E-state index < -0.39 is 0 Å². The van der Waals surface area contributed by atoms with Crippen LogP contribution in [0.4, 0.5) is 5.69 Å². The number of nitrogens with one attached hydrogen (secondary N) is 1. The van der Waals surface area contributed by atoms with Crippen LogP contribution in [0.1, 0.15) is 25.0 Å². The van der Waals surface area contributed by atoms with E-state index in [-0.39, 0.29) is 5.84 Å². The molecule has 0 aliphatic carbocycles. The van der Waals surface area contributed by atoms with Crippen molar-refractivity contribution in [1.29, 1.82) is 5.41 Å². The second-order valence-electron chi connectivity index (χ2n) is 4.68. The smallest absolute Gasteiger partial charge is 0.141 e. The van der Waals surface area contributed by atoms with Gasteiger partial charge in [0.1, 0.15) is 11.5 Å². The minimum absolute atomic E-state index is 0.000170. The summed E-state index contributed by atoms with van der Waals surface area (Å²) in [7, 11) is 2.03. The predicted octanol–water partition coefficient (Wildman–Crippen LogP) is 1.37. The molecule has 1 saturated heterocycles. The summed E-state index contributed by atoms with van der Waals surface area (Å²) in [5, 5.41) is 7.30. The summed E-state index contributed by atoms with van der Waals surface area (Å²) in [5.74, 6) is -0.000170. The monoisotopic (exact) mass is 248 g/mol. The molecule has 1 aliphatic rings. The van der Waals surface area contributed by atoms with Gasteiger partial charge in [-0.15, -0.1) is 0 Å². The number of nitrogen functional groups attached to an aromatic ring is 1. The van der Waals surface area contributed by atoms with E-state index in [1.807, 2.05) is 13.1 Å². The standard InChI is InChI=1S/C13H20N4O/c1-17(9-11-4-2-3-7-18-11)10-5-6-12(13(14)15)16-8-10/h5-6,8,11H,2-4,7,9H2,1H3,(H3,14,15). The number of aromatic nitrogens is 1. The molecule has 1 aliphatic heterocycles. The molecular formula is C13H20N4O. The minimum Gasteiger partial charge on any atom is -0.382 e. The Morgan fingerprint density at radius 3 is 2.94 bits per heavy atom. The lowest BCUT2D eigenvalue weighted by molar-refractivity contribution is 0.0216. The van der Waals surface area contributed by atoms with Gasteiger partial charge in [-0.2, -0.15) is 0 Å². The van der Waals surface area contributed by atoms with Crippen LogP contribution in [0.15, 0.2) is 18.3 Å². The van der Waals surface area contributed by atoms with E-state index >= 15 is 0 Å². The molecule has 1 fully saturated rings. The first-order valence-corrected chi connectivity index (χ1v) is 6.30. The number of rotatable bonds is 4. The summed E-state index contributed by atoms with van der Waals surface area (Å²) in [6, 6.07) is 3.71. The molecule has 0 amide bonds. The van der Waals surface area contributed by atoms with Gasteiger partial charge in [0.2, 0.25) is 0 Å². The highest BCUT2D eigenvalue weighted by Crippen LogP contribution is 2.17. The topological polar surface area (TPSA) is 75.2 Å². The van der Waals surface area contributed by atoms with Crippen molar-refractivity contribution in [2.75, 3.05) is 25.1 Å². The molecule has 1 aromatic rings. The van der Waals surface area contributed by atoms with Crippen LogP contribution < -0.4 is 10.6 Å². The third-order valence-corrected chi connectivity index (χ3v) is 3.22. The van der Waals surface area contributed by atoms with E-state index in [2.05, 4.69) is 9.88 Å². The predicted molar refractivity (Wildman–Crippen MR) is 72.1 cm³/mol. The molecule has 1 atom stereocenters. The first-order chi connectivity index (χ1) is 8.66. The van der Waals surface area contributed by atoms with Gasteiger partial charge in [0.05, 0.1) is 18.0 Å². The zero-order chi connectivity index (χ0) is 13.0. The minimum atomic E-state index is -0.000170. The van der Waals surface area contributed by atoms with Crippen LogP contribution in [0.5, 0.6) is 0 Å². The third-order valence-electron chi connectivity index (χ3n) is 3.22. The van der Waals surface area contributed by atoms with Gasteiger partial charge < -0.3 is 15.4 Å². The van der Waals surface area contributed by atoms with Gasteiger partial charge in [0.25, 0.3) is 0 Å². The highest BCUT2D eigenvalue weighted by molar-refractivity contribution is 5.93. The largest absolute Gasteiger partial charge is 0.382 e. The molecular weight excluding hydrogens is 228 g/mol. The lowest BCUT2D eigenvalue weighted by Gasteiger charge is -2.28. The fraction of sp³-hybridized carbons (Fsp3) is 0.538.